The van der Waals surface area contributed by atoms with Gasteiger partial charge in [-0.05, 0) is 37.4 Å². The van der Waals surface area contributed by atoms with Crippen LogP contribution in [0.25, 0.3) is 10.9 Å². The predicted molar refractivity (Wildman–Crippen MR) is 89.5 cm³/mol. The SMILES string of the molecule is CC(C)n1ccc(Cn2ccc3ccc(C(N)=S)cc32)n1. The topological polar surface area (TPSA) is 48.8 Å². The maximum absolute atomic E-state index is 5.72. The smallest absolute Gasteiger partial charge is 0.104 e. The van der Waals surface area contributed by atoms with Crippen molar-refractivity contribution < 1.29 is 0 Å². The van der Waals surface area contributed by atoms with Gasteiger partial charge in [-0.3, -0.25) is 4.68 Å². The number of aromatic nitrogens is 3. The zero-order valence-corrected chi connectivity index (χ0v) is 13.0. The number of thiocarbonyl (C=S) groups is 1. The van der Waals surface area contributed by atoms with Gasteiger partial charge in [-0.15, -0.1) is 0 Å². The lowest BCUT2D eigenvalue weighted by atomic mass is 10.1. The fourth-order valence-electron chi connectivity index (χ4n) is 2.40. The van der Waals surface area contributed by atoms with E-state index in [-0.39, 0.29) is 0 Å². The molecule has 0 radical (unpaired) electrons. The van der Waals surface area contributed by atoms with Crippen molar-refractivity contribution in [1.82, 2.24) is 14.3 Å². The fourth-order valence-corrected chi connectivity index (χ4v) is 2.53. The van der Waals surface area contributed by atoms with Crippen LogP contribution in [0.5, 0.6) is 0 Å². The standard InChI is InChI=1S/C16H18N4S/c1-11(2)20-8-6-14(18-20)10-19-7-5-12-3-4-13(16(17)21)9-15(12)19/h3-9,11H,10H2,1-2H3,(H2,17,21). The van der Waals surface area contributed by atoms with Crippen molar-refractivity contribution in [3.8, 4) is 0 Å². The molecule has 0 fully saturated rings. The molecule has 2 N–H and O–H groups in total. The number of hydrogen-bond donors (Lipinski definition) is 1. The van der Waals surface area contributed by atoms with E-state index in [9.17, 15) is 0 Å². The number of nitrogens with two attached hydrogens (primary N) is 1. The first-order valence-electron chi connectivity index (χ1n) is 6.97. The van der Waals surface area contributed by atoms with E-state index in [2.05, 4.69) is 41.8 Å². The third-order valence-electron chi connectivity index (χ3n) is 3.58. The molecule has 5 heteroatoms. The van der Waals surface area contributed by atoms with E-state index in [1.54, 1.807) is 0 Å². The first-order chi connectivity index (χ1) is 10.0. The number of hydrogen-bond acceptors (Lipinski definition) is 2. The minimum atomic E-state index is 0.376. The van der Waals surface area contributed by atoms with Gasteiger partial charge in [0.05, 0.1) is 12.2 Å². The number of rotatable bonds is 4. The molecule has 108 valence electrons. The number of benzene rings is 1. The molecule has 0 aliphatic rings. The molecule has 0 unspecified atom stereocenters. The first kappa shape index (κ1) is 13.8. The van der Waals surface area contributed by atoms with E-state index in [0.717, 1.165) is 23.3 Å². The van der Waals surface area contributed by atoms with Crippen LogP contribution in [-0.2, 0) is 6.54 Å². The van der Waals surface area contributed by atoms with Crippen molar-refractivity contribution in [1.29, 1.82) is 0 Å². The van der Waals surface area contributed by atoms with E-state index in [0.29, 0.717) is 11.0 Å². The highest BCUT2D eigenvalue weighted by Crippen LogP contribution is 2.19. The Bertz CT molecular complexity index is 798. The third kappa shape index (κ3) is 2.69. The Morgan fingerprint density at radius 2 is 2.05 bits per heavy atom. The maximum Gasteiger partial charge on any atom is 0.104 e. The lowest BCUT2D eigenvalue weighted by molar-refractivity contribution is 0.524. The quantitative estimate of drug-likeness (QED) is 0.753. The molecule has 2 heterocycles. The summed E-state index contributed by atoms with van der Waals surface area (Å²) in [5, 5.41) is 5.77. The fraction of sp³-hybridized carbons (Fsp3) is 0.250. The average molecular weight is 298 g/mol. The first-order valence-corrected chi connectivity index (χ1v) is 7.38. The summed E-state index contributed by atoms with van der Waals surface area (Å²) in [6.45, 7) is 4.98. The molecule has 0 aliphatic carbocycles. The second-order valence-electron chi connectivity index (χ2n) is 5.46. The minimum absolute atomic E-state index is 0.376. The maximum atomic E-state index is 5.72. The zero-order chi connectivity index (χ0) is 15.0. The normalized spacial score (nSPS) is 11.4. The molecule has 3 rings (SSSR count). The Morgan fingerprint density at radius 1 is 1.24 bits per heavy atom. The molecule has 0 saturated carbocycles. The number of nitrogens with zero attached hydrogens (tertiary/aromatic N) is 3. The van der Waals surface area contributed by atoms with Gasteiger partial charge in [-0.2, -0.15) is 5.10 Å². The average Bonchev–Trinajstić information content (AvgIpc) is 3.06. The van der Waals surface area contributed by atoms with E-state index in [1.807, 2.05) is 29.1 Å². The van der Waals surface area contributed by atoms with Gasteiger partial charge in [0.25, 0.3) is 0 Å². The Labute approximate surface area is 129 Å². The Balaban J connectivity index is 1.95. The molecule has 0 atom stereocenters. The van der Waals surface area contributed by atoms with Crippen LogP contribution in [0.1, 0.15) is 31.1 Å². The van der Waals surface area contributed by atoms with E-state index in [4.69, 9.17) is 18.0 Å². The summed E-state index contributed by atoms with van der Waals surface area (Å²) in [7, 11) is 0. The summed E-state index contributed by atoms with van der Waals surface area (Å²) < 4.78 is 4.14. The van der Waals surface area contributed by atoms with Crippen LogP contribution < -0.4 is 5.73 Å². The van der Waals surface area contributed by atoms with E-state index in [1.165, 1.54) is 5.39 Å². The highest BCUT2D eigenvalue weighted by atomic mass is 32.1. The van der Waals surface area contributed by atoms with Gasteiger partial charge in [-0.1, -0.05) is 24.4 Å². The molecule has 2 aromatic heterocycles. The summed E-state index contributed by atoms with van der Waals surface area (Å²) in [6.07, 6.45) is 4.09. The van der Waals surface area contributed by atoms with Crippen molar-refractivity contribution in [3.05, 3.63) is 54.0 Å². The van der Waals surface area contributed by atoms with Gasteiger partial charge in [-0.25, -0.2) is 0 Å². The van der Waals surface area contributed by atoms with Crippen LogP contribution in [-0.4, -0.2) is 19.3 Å². The second-order valence-corrected chi connectivity index (χ2v) is 5.90. The van der Waals surface area contributed by atoms with Crippen molar-refractivity contribution in [2.45, 2.75) is 26.4 Å². The van der Waals surface area contributed by atoms with Gasteiger partial charge >= 0.3 is 0 Å². The Kier molecular flexibility index (Phi) is 3.51. The highest BCUT2D eigenvalue weighted by Gasteiger charge is 2.07. The molecular weight excluding hydrogens is 280 g/mol. The highest BCUT2D eigenvalue weighted by molar-refractivity contribution is 7.80. The van der Waals surface area contributed by atoms with Gasteiger partial charge in [0, 0.05) is 29.5 Å². The van der Waals surface area contributed by atoms with Crippen LogP contribution >= 0.6 is 12.2 Å². The van der Waals surface area contributed by atoms with E-state index >= 15 is 0 Å². The van der Waals surface area contributed by atoms with Crippen molar-refractivity contribution in [2.75, 3.05) is 0 Å². The minimum Gasteiger partial charge on any atom is -0.389 e. The molecule has 0 spiro atoms. The summed E-state index contributed by atoms with van der Waals surface area (Å²) in [4.78, 5) is 0.425. The van der Waals surface area contributed by atoms with Crippen LogP contribution in [0.2, 0.25) is 0 Å². The molecule has 0 amide bonds. The van der Waals surface area contributed by atoms with Crippen molar-refractivity contribution in [3.63, 3.8) is 0 Å². The molecule has 4 nitrogen and oxygen atoms in total. The van der Waals surface area contributed by atoms with Gasteiger partial charge < -0.3 is 10.3 Å². The largest absolute Gasteiger partial charge is 0.389 e. The predicted octanol–water partition coefficient (Wildman–Crippen LogP) is 3.10. The van der Waals surface area contributed by atoms with Gasteiger partial charge in [0.1, 0.15) is 4.99 Å². The Morgan fingerprint density at radius 3 is 2.71 bits per heavy atom. The molecular formula is C16H18N4S. The summed E-state index contributed by atoms with van der Waals surface area (Å²) in [6, 6.07) is 10.6. The summed E-state index contributed by atoms with van der Waals surface area (Å²) in [5.74, 6) is 0. The molecule has 21 heavy (non-hydrogen) atoms. The van der Waals surface area contributed by atoms with Crippen LogP contribution in [0, 0.1) is 0 Å². The lowest BCUT2D eigenvalue weighted by Crippen LogP contribution is -2.09. The summed E-state index contributed by atoms with van der Waals surface area (Å²) in [5.41, 5.74) is 8.78. The molecule has 3 aromatic rings. The van der Waals surface area contributed by atoms with Gasteiger partial charge in [0.2, 0.25) is 0 Å². The molecule has 0 aliphatic heterocycles. The molecule has 0 bridgehead atoms. The molecule has 0 saturated heterocycles. The van der Waals surface area contributed by atoms with Gasteiger partial charge in [0.15, 0.2) is 0 Å². The van der Waals surface area contributed by atoms with Crippen molar-refractivity contribution in [2.24, 2.45) is 5.73 Å². The summed E-state index contributed by atoms with van der Waals surface area (Å²) >= 11 is 5.06. The van der Waals surface area contributed by atoms with Crippen LogP contribution in [0.4, 0.5) is 0 Å². The zero-order valence-electron chi connectivity index (χ0n) is 12.2. The third-order valence-corrected chi connectivity index (χ3v) is 3.82. The van der Waals surface area contributed by atoms with Crippen LogP contribution in [0.15, 0.2) is 42.7 Å². The lowest BCUT2D eigenvalue weighted by Gasteiger charge is -2.06. The van der Waals surface area contributed by atoms with Crippen molar-refractivity contribution >= 4 is 28.1 Å². The van der Waals surface area contributed by atoms with E-state index < -0.39 is 0 Å². The second kappa shape index (κ2) is 5.33. The Hall–Kier alpha value is -2.14. The van der Waals surface area contributed by atoms with Crippen LogP contribution in [0.3, 0.4) is 0 Å². The monoisotopic (exact) mass is 298 g/mol. The number of fused-ring (bicyclic) bond motifs is 1. The molecule has 1 aromatic carbocycles.